The third kappa shape index (κ3) is 4.00. The van der Waals surface area contributed by atoms with Crippen LogP contribution in [0.15, 0.2) is 42.9 Å². The van der Waals surface area contributed by atoms with E-state index in [1.54, 1.807) is 24.7 Å². The highest BCUT2D eigenvalue weighted by Gasteiger charge is 2.15. The summed E-state index contributed by atoms with van der Waals surface area (Å²) < 4.78 is 5.58. The van der Waals surface area contributed by atoms with Crippen molar-refractivity contribution < 1.29 is 14.3 Å². The van der Waals surface area contributed by atoms with Crippen LogP contribution in [0.2, 0.25) is 0 Å². The largest absolute Gasteiger partial charge is 0.492 e. The summed E-state index contributed by atoms with van der Waals surface area (Å²) in [4.78, 5) is 30.9. The van der Waals surface area contributed by atoms with Crippen molar-refractivity contribution in [3.8, 4) is 5.75 Å². The molecule has 0 aliphatic rings. The molecule has 2 aromatic heterocycles. The lowest BCUT2D eigenvalue weighted by Gasteiger charge is -2.09. The predicted octanol–water partition coefficient (Wildman–Crippen LogP) is 2.31. The number of hydrogen-bond donors (Lipinski definition) is 3. The van der Waals surface area contributed by atoms with Gasteiger partial charge >= 0.3 is 11.8 Å². The van der Waals surface area contributed by atoms with Gasteiger partial charge in [-0.25, -0.2) is 0 Å². The predicted molar refractivity (Wildman–Crippen MR) is 99.1 cm³/mol. The van der Waals surface area contributed by atoms with Crippen LogP contribution in [0.3, 0.4) is 0 Å². The number of fused-ring (bicyclic) bond motifs is 1. The van der Waals surface area contributed by atoms with Gasteiger partial charge in [-0.1, -0.05) is 6.07 Å². The van der Waals surface area contributed by atoms with Gasteiger partial charge in [0.25, 0.3) is 0 Å². The molecule has 0 saturated carbocycles. The molecule has 2 amide bonds. The van der Waals surface area contributed by atoms with Crippen LogP contribution in [-0.4, -0.2) is 34.9 Å². The first-order chi connectivity index (χ1) is 12.5. The molecule has 0 atom stereocenters. The number of anilines is 1. The number of rotatable bonds is 5. The maximum Gasteiger partial charge on any atom is 0.313 e. The lowest BCUT2D eigenvalue weighted by atomic mass is 10.1. The first kappa shape index (κ1) is 17.5. The molecular weight excluding hydrogens is 332 g/mol. The number of benzene rings is 1. The molecule has 0 spiro atoms. The number of nitrogens with zero attached hydrogens (tertiary/aromatic N) is 1. The highest BCUT2D eigenvalue weighted by Crippen LogP contribution is 2.21. The van der Waals surface area contributed by atoms with Gasteiger partial charge in [0, 0.05) is 24.0 Å². The highest BCUT2D eigenvalue weighted by molar-refractivity contribution is 6.40. The van der Waals surface area contributed by atoms with E-state index in [1.807, 2.05) is 32.0 Å². The standard InChI is InChI=1S/C19H20N4O3/c1-12-3-4-14(9-13(12)2)26-8-7-21-18(24)19(25)23-17-11-22-16-5-6-20-10-15(16)17/h3-6,9-11,22H,7-8H2,1-2H3,(H,21,24)(H,23,25). The van der Waals surface area contributed by atoms with E-state index in [0.717, 1.165) is 22.2 Å². The number of amides is 2. The molecule has 0 aliphatic heterocycles. The summed E-state index contributed by atoms with van der Waals surface area (Å²) >= 11 is 0. The molecule has 0 aliphatic carbocycles. The molecule has 3 aromatic rings. The summed E-state index contributed by atoms with van der Waals surface area (Å²) in [5.41, 5.74) is 3.67. The third-order valence-electron chi connectivity index (χ3n) is 4.07. The normalized spacial score (nSPS) is 10.5. The fourth-order valence-corrected chi connectivity index (χ4v) is 2.46. The number of nitrogens with one attached hydrogen (secondary N) is 3. The van der Waals surface area contributed by atoms with E-state index >= 15 is 0 Å². The number of aromatic amines is 1. The molecule has 0 fully saturated rings. The number of hydrogen-bond acceptors (Lipinski definition) is 4. The zero-order chi connectivity index (χ0) is 18.5. The number of carbonyl (C=O) groups excluding carboxylic acids is 2. The van der Waals surface area contributed by atoms with Gasteiger partial charge in [0.1, 0.15) is 12.4 Å². The smallest absolute Gasteiger partial charge is 0.313 e. The molecular formula is C19H20N4O3. The zero-order valence-corrected chi connectivity index (χ0v) is 14.6. The van der Waals surface area contributed by atoms with E-state index < -0.39 is 11.8 Å². The Morgan fingerprint density at radius 1 is 1.15 bits per heavy atom. The van der Waals surface area contributed by atoms with Gasteiger partial charge in [-0.05, 0) is 43.2 Å². The first-order valence-corrected chi connectivity index (χ1v) is 8.25. The second-order valence-electron chi connectivity index (χ2n) is 5.93. The Hall–Kier alpha value is -3.35. The van der Waals surface area contributed by atoms with Crippen LogP contribution >= 0.6 is 0 Å². The van der Waals surface area contributed by atoms with Crippen LogP contribution in [0.4, 0.5) is 5.69 Å². The molecule has 7 heteroatoms. The first-order valence-electron chi connectivity index (χ1n) is 8.25. The van der Waals surface area contributed by atoms with Crippen molar-refractivity contribution in [1.82, 2.24) is 15.3 Å². The molecule has 134 valence electrons. The van der Waals surface area contributed by atoms with Crippen LogP contribution in [0.1, 0.15) is 11.1 Å². The summed E-state index contributed by atoms with van der Waals surface area (Å²) in [7, 11) is 0. The molecule has 3 N–H and O–H groups in total. The molecule has 1 aromatic carbocycles. The van der Waals surface area contributed by atoms with Crippen molar-refractivity contribution in [1.29, 1.82) is 0 Å². The van der Waals surface area contributed by atoms with Crippen LogP contribution in [0, 0.1) is 13.8 Å². The molecule has 3 rings (SSSR count). The number of carbonyl (C=O) groups is 2. The molecule has 0 radical (unpaired) electrons. The Kier molecular flexibility index (Phi) is 5.17. The minimum atomic E-state index is -0.735. The minimum absolute atomic E-state index is 0.231. The van der Waals surface area contributed by atoms with Gasteiger partial charge in [0.2, 0.25) is 0 Å². The monoisotopic (exact) mass is 352 g/mol. The Labute approximate surface area is 150 Å². The lowest BCUT2D eigenvalue weighted by molar-refractivity contribution is -0.136. The van der Waals surface area contributed by atoms with Crippen molar-refractivity contribution in [2.24, 2.45) is 0 Å². The van der Waals surface area contributed by atoms with Gasteiger partial charge in [0.05, 0.1) is 17.7 Å². The summed E-state index contributed by atoms with van der Waals surface area (Å²) in [6, 6.07) is 7.58. The maximum absolute atomic E-state index is 12.0. The summed E-state index contributed by atoms with van der Waals surface area (Å²) in [5.74, 6) is -0.717. The zero-order valence-electron chi connectivity index (χ0n) is 14.6. The van der Waals surface area contributed by atoms with Gasteiger partial charge in [-0.3, -0.25) is 14.6 Å². The van der Waals surface area contributed by atoms with Crippen molar-refractivity contribution in [2.75, 3.05) is 18.5 Å². The minimum Gasteiger partial charge on any atom is -0.492 e. The average molecular weight is 352 g/mol. The van der Waals surface area contributed by atoms with E-state index in [0.29, 0.717) is 5.69 Å². The van der Waals surface area contributed by atoms with Gasteiger partial charge < -0.3 is 20.4 Å². The number of H-pyrrole nitrogens is 1. The number of ether oxygens (including phenoxy) is 1. The SMILES string of the molecule is Cc1ccc(OCCNC(=O)C(=O)Nc2c[nH]c3ccncc23)cc1C. The van der Waals surface area contributed by atoms with Crippen LogP contribution in [-0.2, 0) is 9.59 Å². The van der Waals surface area contributed by atoms with Crippen LogP contribution in [0.25, 0.3) is 10.9 Å². The van der Waals surface area contributed by atoms with Crippen molar-refractivity contribution >= 4 is 28.4 Å². The highest BCUT2D eigenvalue weighted by atomic mass is 16.5. The van der Waals surface area contributed by atoms with E-state index in [1.165, 1.54) is 5.56 Å². The molecule has 7 nitrogen and oxygen atoms in total. The molecule has 0 saturated heterocycles. The molecule has 26 heavy (non-hydrogen) atoms. The number of pyridine rings is 1. The topological polar surface area (TPSA) is 96.1 Å². The second-order valence-corrected chi connectivity index (χ2v) is 5.93. The van der Waals surface area contributed by atoms with Crippen LogP contribution < -0.4 is 15.4 Å². The number of aromatic nitrogens is 2. The maximum atomic E-state index is 12.0. The summed E-state index contributed by atoms with van der Waals surface area (Å²) in [5, 5.41) is 5.85. The Balaban J connectivity index is 1.47. The van der Waals surface area contributed by atoms with E-state index in [4.69, 9.17) is 4.74 Å². The van der Waals surface area contributed by atoms with E-state index in [2.05, 4.69) is 20.6 Å². The number of aryl methyl sites for hydroxylation is 2. The van der Waals surface area contributed by atoms with E-state index in [-0.39, 0.29) is 13.2 Å². The van der Waals surface area contributed by atoms with Crippen LogP contribution in [0.5, 0.6) is 5.75 Å². The van der Waals surface area contributed by atoms with Gasteiger partial charge in [0.15, 0.2) is 0 Å². The van der Waals surface area contributed by atoms with Crippen molar-refractivity contribution in [2.45, 2.75) is 13.8 Å². The Morgan fingerprint density at radius 2 is 2.00 bits per heavy atom. The third-order valence-corrected chi connectivity index (χ3v) is 4.07. The Bertz CT molecular complexity index is 949. The van der Waals surface area contributed by atoms with Gasteiger partial charge in [-0.15, -0.1) is 0 Å². The second kappa shape index (κ2) is 7.69. The molecule has 2 heterocycles. The average Bonchev–Trinajstić information content (AvgIpc) is 3.04. The van der Waals surface area contributed by atoms with Crippen molar-refractivity contribution in [3.05, 3.63) is 54.0 Å². The summed E-state index contributed by atoms with van der Waals surface area (Å²) in [6.45, 7) is 4.55. The fraction of sp³-hybridized carbons (Fsp3) is 0.211. The van der Waals surface area contributed by atoms with E-state index in [9.17, 15) is 9.59 Å². The van der Waals surface area contributed by atoms with Crippen molar-refractivity contribution in [3.63, 3.8) is 0 Å². The fourth-order valence-electron chi connectivity index (χ4n) is 2.46. The lowest BCUT2D eigenvalue weighted by Crippen LogP contribution is -2.37. The molecule has 0 bridgehead atoms. The molecule has 0 unspecified atom stereocenters. The summed E-state index contributed by atoms with van der Waals surface area (Å²) in [6.07, 6.45) is 4.89. The quantitative estimate of drug-likeness (QED) is 0.485. The van der Waals surface area contributed by atoms with Gasteiger partial charge in [-0.2, -0.15) is 0 Å². The Morgan fingerprint density at radius 3 is 2.81 bits per heavy atom.